The van der Waals surface area contributed by atoms with E-state index < -0.39 is 17.2 Å². The van der Waals surface area contributed by atoms with Gasteiger partial charge < -0.3 is 13.7 Å². The highest BCUT2D eigenvalue weighted by molar-refractivity contribution is 5.88. The van der Waals surface area contributed by atoms with Gasteiger partial charge in [0.2, 0.25) is 0 Å². The van der Waals surface area contributed by atoms with Gasteiger partial charge in [-0.25, -0.2) is 14.6 Å². The summed E-state index contributed by atoms with van der Waals surface area (Å²) in [5.41, 5.74) is -0.0343. The van der Waals surface area contributed by atoms with Gasteiger partial charge in [0.05, 0.1) is 11.8 Å². The second kappa shape index (κ2) is 8.07. The maximum atomic E-state index is 12.4. The van der Waals surface area contributed by atoms with Crippen LogP contribution >= 0.6 is 0 Å². The summed E-state index contributed by atoms with van der Waals surface area (Å²) in [7, 11) is 0. The van der Waals surface area contributed by atoms with Crippen molar-refractivity contribution in [3.8, 4) is 0 Å². The molecule has 0 saturated heterocycles. The molecule has 27 heavy (non-hydrogen) atoms. The molecular formula is C18H22N4O5. The fourth-order valence-corrected chi connectivity index (χ4v) is 2.91. The number of imidazole rings is 1. The van der Waals surface area contributed by atoms with Gasteiger partial charge in [0, 0.05) is 13.1 Å². The molecule has 0 aliphatic carbocycles. The van der Waals surface area contributed by atoms with Gasteiger partial charge >= 0.3 is 11.7 Å². The minimum Gasteiger partial charge on any atom is -0.472 e. The minimum absolute atomic E-state index is 0.111. The molecule has 0 aromatic carbocycles. The van der Waals surface area contributed by atoms with Crippen LogP contribution in [0.1, 0.15) is 49.3 Å². The lowest BCUT2D eigenvalue weighted by Gasteiger charge is -2.08. The summed E-state index contributed by atoms with van der Waals surface area (Å²) in [5, 5.41) is 0. The third-order valence-electron chi connectivity index (χ3n) is 4.24. The van der Waals surface area contributed by atoms with Crippen molar-refractivity contribution in [1.29, 1.82) is 0 Å². The molecular weight excluding hydrogens is 352 g/mol. The number of carbonyl (C=O) groups is 1. The zero-order chi connectivity index (χ0) is 19.4. The van der Waals surface area contributed by atoms with Crippen LogP contribution in [0, 0.1) is 0 Å². The molecule has 0 atom stereocenters. The van der Waals surface area contributed by atoms with E-state index in [1.807, 2.05) is 13.8 Å². The average Bonchev–Trinajstić information content (AvgIpc) is 3.29. The summed E-state index contributed by atoms with van der Waals surface area (Å²) >= 11 is 0. The fraction of sp³-hybridized carbons (Fsp3) is 0.444. The molecule has 0 amide bonds. The molecule has 0 radical (unpaired) electrons. The van der Waals surface area contributed by atoms with Gasteiger partial charge in [-0.3, -0.25) is 14.3 Å². The largest absolute Gasteiger partial charge is 0.472 e. The van der Waals surface area contributed by atoms with Crippen molar-refractivity contribution in [2.45, 2.75) is 52.8 Å². The number of nitrogens with zero attached hydrogens (tertiary/aromatic N) is 3. The Kier molecular flexibility index (Phi) is 5.58. The standard InChI is InChI=1S/C18H22N4O5/c1-3-5-8-22-15-14(16(23)20-18(22)25)21(7-4-2)13(19-15)11-27-17(24)12-6-9-26-10-12/h6,9-10H,3-5,7-8,11H2,1-2H3,(H,20,23,25). The maximum absolute atomic E-state index is 12.4. The lowest BCUT2D eigenvalue weighted by molar-refractivity contribution is 0.0457. The molecule has 3 rings (SSSR count). The first-order valence-electron chi connectivity index (χ1n) is 8.98. The monoisotopic (exact) mass is 374 g/mol. The molecule has 0 aliphatic rings. The van der Waals surface area contributed by atoms with Crippen LogP contribution in [0.2, 0.25) is 0 Å². The van der Waals surface area contributed by atoms with Crippen molar-refractivity contribution in [1.82, 2.24) is 19.1 Å². The van der Waals surface area contributed by atoms with Crippen molar-refractivity contribution in [2.75, 3.05) is 0 Å². The van der Waals surface area contributed by atoms with Gasteiger partial charge in [-0.1, -0.05) is 20.3 Å². The number of nitrogens with one attached hydrogen (secondary N) is 1. The van der Waals surface area contributed by atoms with Crippen molar-refractivity contribution in [3.05, 3.63) is 50.8 Å². The van der Waals surface area contributed by atoms with E-state index >= 15 is 0 Å². The van der Waals surface area contributed by atoms with E-state index in [0.29, 0.717) is 35.6 Å². The number of carbonyl (C=O) groups excluding carboxylic acids is 1. The van der Waals surface area contributed by atoms with E-state index in [2.05, 4.69) is 9.97 Å². The Morgan fingerprint density at radius 2 is 2.04 bits per heavy atom. The SMILES string of the molecule is CCCCn1c(=O)[nH]c(=O)c2c1nc(COC(=O)c1ccoc1)n2CCC. The number of hydrogen-bond donors (Lipinski definition) is 1. The van der Waals surface area contributed by atoms with E-state index in [1.165, 1.54) is 23.2 Å². The van der Waals surface area contributed by atoms with Crippen LogP contribution in [-0.4, -0.2) is 25.1 Å². The van der Waals surface area contributed by atoms with Crippen LogP contribution in [0.3, 0.4) is 0 Å². The number of rotatable bonds is 8. The maximum Gasteiger partial charge on any atom is 0.341 e. The van der Waals surface area contributed by atoms with Gasteiger partial charge in [0.25, 0.3) is 5.56 Å². The lowest BCUT2D eigenvalue weighted by atomic mass is 10.3. The van der Waals surface area contributed by atoms with Gasteiger partial charge in [-0.2, -0.15) is 0 Å². The number of ether oxygens (including phenoxy) is 1. The number of aromatic nitrogens is 4. The normalized spacial score (nSPS) is 11.2. The Labute approximate surface area is 154 Å². The molecule has 9 heteroatoms. The number of fused-ring (bicyclic) bond motifs is 1. The highest BCUT2D eigenvalue weighted by atomic mass is 16.5. The van der Waals surface area contributed by atoms with Crippen LogP contribution in [0.4, 0.5) is 0 Å². The van der Waals surface area contributed by atoms with Crippen molar-refractivity contribution >= 4 is 17.1 Å². The third kappa shape index (κ3) is 3.71. The zero-order valence-corrected chi connectivity index (χ0v) is 15.4. The number of aryl methyl sites for hydroxylation is 2. The van der Waals surface area contributed by atoms with Crippen LogP contribution in [0.15, 0.2) is 32.6 Å². The molecule has 1 N–H and O–H groups in total. The Hall–Kier alpha value is -3.10. The molecule has 0 aliphatic heterocycles. The summed E-state index contributed by atoms with van der Waals surface area (Å²) < 4.78 is 13.3. The Bertz CT molecular complexity index is 1040. The van der Waals surface area contributed by atoms with Gasteiger partial charge in [-0.05, 0) is 18.9 Å². The van der Waals surface area contributed by atoms with E-state index in [9.17, 15) is 14.4 Å². The molecule has 0 unspecified atom stereocenters. The number of H-pyrrole nitrogens is 1. The first-order chi connectivity index (χ1) is 13.1. The Morgan fingerprint density at radius 3 is 2.70 bits per heavy atom. The smallest absolute Gasteiger partial charge is 0.341 e. The van der Waals surface area contributed by atoms with E-state index in [-0.39, 0.29) is 6.61 Å². The summed E-state index contributed by atoms with van der Waals surface area (Å²) in [6, 6.07) is 1.50. The summed E-state index contributed by atoms with van der Waals surface area (Å²) in [4.78, 5) is 43.5. The minimum atomic E-state index is -0.545. The van der Waals surface area contributed by atoms with Crippen molar-refractivity contribution in [3.63, 3.8) is 0 Å². The number of hydrogen-bond acceptors (Lipinski definition) is 6. The number of furan rings is 1. The van der Waals surface area contributed by atoms with Gasteiger partial charge in [-0.15, -0.1) is 0 Å². The third-order valence-corrected chi connectivity index (χ3v) is 4.24. The highest BCUT2D eigenvalue weighted by Gasteiger charge is 2.19. The van der Waals surface area contributed by atoms with Gasteiger partial charge in [0.1, 0.15) is 18.7 Å². The van der Waals surface area contributed by atoms with Crippen molar-refractivity contribution < 1.29 is 13.9 Å². The first kappa shape index (κ1) is 18.7. The van der Waals surface area contributed by atoms with Crippen LogP contribution in [0.25, 0.3) is 11.2 Å². The molecule has 3 aromatic heterocycles. The molecule has 3 aromatic rings. The Morgan fingerprint density at radius 1 is 1.22 bits per heavy atom. The van der Waals surface area contributed by atoms with Crippen LogP contribution < -0.4 is 11.2 Å². The van der Waals surface area contributed by atoms with Crippen molar-refractivity contribution in [2.24, 2.45) is 0 Å². The molecule has 144 valence electrons. The zero-order valence-electron chi connectivity index (χ0n) is 15.4. The first-order valence-corrected chi connectivity index (χ1v) is 8.98. The molecule has 0 saturated carbocycles. The quantitative estimate of drug-likeness (QED) is 0.604. The topological polar surface area (TPSA) is 112 Å². The van der Waals surface area contributed by atoms with Gasteiger partial charge in [0.15, 0.2) is 11.2 Å². The summed E-state index contributed by atoms with van der Waals surface area (Å²) in [6.45, 7) is 4.85. The molecule has 9 nitrogen and oxygen atoms in total. The number of aromatic amines is 1. The second-order valence-corrected chi connectivity index (χ2v) is 6.20. The summed E-state index contributed by atoms with van der Waals surface area (Å²) in [6.07, 6.45) is 5.12. The van der Waals surface area contributed by atoms with E-state index in [1.54, 1.807) is 4.57 Å². The predicted octanol–water partition coefficient (Wildman–Crippen LogP) is 2.05. The molecule has 0 bridgehead atoms. The number of esters is 1. The molecule has 0 spiro atoms. The van der Waals surface area contributed by atoms with Crippen LogP contribution in [0.5, 0.6) is 0 Å². The molecule has 0 fully saturated rings. The lowest BCUT2D eigenvalue weighted by Crippen LogP contribution is -2.31. The fourth-order valence-electron chi connectivity index (χ4n) is 2.91. The molecule has 3 heterocycles. The van der Waals surface area contributed by atoms with E-state index in [0.717, 1.165) is 19.3 Å². The Balaban J connectivity index is 2.02. The van der Waals surface area contributed by atoms with E-state index in [4.69, 9.17) is 9.15 Å². The second-order valence-electron chi connectivity index (χ2n) is 6.20. The predicted molar refractivity (Wildman–Crippen MR) is 97.6 cm³/mol. The average molecular weight is 374 g/mol. The highest BCUT2D eigenvalue weighted by Crippen LogP contribution is 2.15. The van der Waals surface area contributed by atoms with Crippen LogP contribution in [-0.2, 0) is 24.4 Å². The number of unbranched alkanes of at least 4 members (excludes halogenated alkanes) is 1. The summed E-state index contributed by atoms with van der Waals surface area (Å²) in [5.74, 6) is -0.124.